The maximum atomic E-state index is 12.5. The predicted octanol–water partition coefficient (Wildman–Crippen LogP) is 13.9. The highest BCUT2D eigenvalue weighted by Gasteiger charge is 2.31. The number of ether oxygens (including phenoxy) is 4. The molecule has 0 aromatic heterocycles. The van der Waals surface area contributed by atoms with Gasteiger partial charge in [-0.05, 0) is 152 Å². The van der Waals surface area contributed by atoms with Crippen molar-refractivity contribution in [1.29, 1.82) is 0 Å². The van der Waals surface area contributed by atoms with Gasteiger partial charge >= 0.3 is 11.9 Å². The average Bonchev–Trinajstić information content (AvgIpc) is 3.29. The third-order valence-corrected chi connectivity index (χ3v) is 13.6. The first-order chi connectivity index (χ1) is 30.5. The Balaban J connectivity index is 1.45. The fourth-order valence-corrected chi connectivity index (χ4v) is 9.58. The van der Waals surface area contributed by atoms with E-state index in [4.69, 9.17) is 18.9 Å². The van der Waals surface area contributed by atoms with E-state index < -0.39 is 0 Å². The van der Waals surface area contributed by atoms with E-state index in [-0.39, 0.29) is 24.8 Å². The second-order valence-electron chi connectivity index (χ2n) is 18.9. The summed E-state index contributed by atoms with van der Waals surface area (Å²) in [5, 5.41) is 9.62. The number of unbranched alkanes of at least 4 members (excludes halogenated alkanes) is 13. The zero-order chi connectivity index (χ0) is 44.6. The van der Waals surface area contributed by atoms with Crippen LogP contribution in [0, 0.1) is 23.7 Å². The van der Waals surface area contributed by atoms with E-state index in [1.165, 1.54) is 77.0 Å². The molecular formula is C54H99NO7. The van der Waals surface area contributed by atoms with Gasteiger partial charge < -0.3 is 29.0 Å². The second kappa shape index (κ2) is 40.7. The van der Waals surface area contributed by atoms with Crippen molar-refractivity contribution in [3.8, 4) is 0 Å². The summed E-state index contributed by atoms with van der Waals surface area (Å²) >= 11 is 0. The van der Waals surface area contributed by atoms with Crippen LogP contribution < -0.4 is 0 Å². The van der Waals surface area contributed by atoms with Crippen LogP contribution in [0.5, 0.6) is 0 Å². The molecule has 0 saturated heterocycles. The third kappa shape index (κ3) is 31.2. The lowest BCUT2D eigenvalue weighted by atomic mass is 9.69. The minimum absolute atomic E-state index is 0.00485. The Hall–Kier alpha value is -1.74. The van der Waals surface area contributed by atoms with E-state index in [9.17, 15) is 14.7 Å². The molecule has 0 heterocycles. The molecule has 2 aliphatic carbocycles. The van der Waals surface area contributed by atoms with Crippen LogP contribution in [0.2, 0.25) is 0 Å². The van der Waals surface area contributed by atoms with Crippen LogP contribution >= 0.6 is 0 Å². The van der Waals surface area contributed by atoms with Gasteiger partial charge in [0.15, 0.2) is 6.29 Å². The smallest absolute Gasteiger partial charge is 0.305 e. The van der Waals surface area contributed by atoms with E-state index in [1.54, 1.807) is 0 Å². The lowest BCUT2D eigenvalue weighted by Crippen LogP contribution is -2.29. The van der Waals surface area contributed by atoms with Gasteiger partial charge in [-0.1, -0.05) is 116 Å². The summed E-state index contributed by atoms with van der Waals surface area (Å²) in [5.74, 6) is 3.25. The maximum absolute atomic E-state index is 12.5. The number of rotatable bonds is 41. The molecule has 1 N–H and O–H groups in total. The first kappa shape index (κ1) is 56.4. The quantitative estimate of drug-likeness (QED) is 0.0281. The number of hydrogen-bond acceptors (Lipinski definition) is 8. The molecule has 0 atom stereocenters. The molecule has 0 spiro atoms. The van der Waals surface area contributed by atoms with Gasteiger partial charge in [-0.15, -0.1) is 0 Å². The normalized spacial score (nSPS) is 19.6. The number of nitrogens with zero attached hydrogens (tertiary/aromatic N) is 1. The van der Waals surface area contributed by atoms with Crippen molar-refractivity contribution in [3.63, 3.8) is 0 Å². The fraction of sp³-hybridized carbons (Fsp3) is 0.889. The minimum atomic E-state index is -0.360. The standard InChI is InChI=1S/C54H99NO7/c1-4-7-10-12-18-26-45-60-54(61-46-27-19-13-11-8-5-2)39-38-53(58)59-44-25-20-17-24-41-55(42-43-56)40-23-16-14-15-22-29-52(57)62-47-49-32-36-51(37-33-49)50-34-30-48(31-35-50)28-21-9-6-3/h7-8,10-11,48-51,54,56H,4-6,9,12-47H2,1-3H3/b10-7-,11-8-/t48-,49-,50-,51-. The zero-order valence-corrected chi connectivity index (χ0v) is 40.8. The Morgan fingerprint density at radius 1 is 0.548 bits per heavy atom. The van der Waals surface area contributed by atoms with Crippen LogP contribution in [-0.2, 0) is 28.5 Å². The third-order valence-electron chi connectivity index (χ3n) is 13.6. The first-order valence-electron chi connectivity index (χ1n) is 26.7. The second-order valence-corrected chi connectivity index (χ2v) is 18.9. The van der Waals surface area contributed by atoms with E-state index in [1.807, 2.05) is 0 Å². The highest BCUT2D eigenvalue weighted by atomic mass is 16.7. The van der Waals surface area contributed by atoms with E-state index in [0.717, 1.165) is 140 Å². The Kier molecular flexibility index (Phi) is 37.1. The molecule has 8 nitrogen and oxygen atoms in total. The molecule has 0 bridgehead atoms. The summed E-state index contributed by atoms with van der Waals surface area (Å²) in [6.45, 7) is 11.9. The lowest BCUT2D eigenvalue weighted by Gasteiger charge is -2.37. The molecule has 8 heteroatoms. The highest BCUT2D eigenvalue weighted by molar-refractivity contribution is 5.69. The molecule has 2 rings (SSSR count). The van der Waals surface area contributed by atoms with Gasteiger partial charge in [0, 0.05) is 32.6 Å². The van der Waals surface area contributed by atoms with Gasteiger partial charge in [-0.3, -0.25) is 9.59 Å². The lowest BCUT2D eigenvalue weighted by molar-refractivity contribution is -0.159. The molecule has 62 heavy (non-hydrogen) atoms. The van der Waals surface area contributed by atoms with Crippen molar-refractivity contribution in [2.24, 2.45) is 23.7 Å². The predicted molar refractivity (Wildman–Crippen MR) is 258 cm³/mol. The van der Waals surface area contributed by atoms with Crippen molar-refractivity contribution in [2.45, 2.75) is 233 Å². The Morgan fingerprint density at radius 2 is 1.08 bits per heavy atom. The molecule has 0 aromatic rings. The van der Waals surface area contributed by atoms with Crippen LogP contribution in [0.3, 0.4) is 0 Å². The molecular weight excluding hydrogens is 775 g/mol. The summed E-state index contributed by atoms with van der Waals surface area (Å²) in [4.78, 5) is 27.4. The SMILES string of the molecule is CC/C=C\CCCCOC(CCC(=O)OCCCCCCN(CCO)CCCCCCCC(=O)OC[C@H]1CC[C@H]([C@H]2CC[C@H](CCCCC)CC2)CC1)OCCCC/C=C\CC. The van der Waals surface area contributed by atoms with Crippen molar-refractivity contribution in [1.82, 2.24) is 4.90 Å². The largest absolute Gasteiger partial charge is 0.466 e. The first-order valence-corrected chi connectivity index (χ1v) is 26.7. The maximum Gasteiger partial charge on any atom is 0.305 e. The summed E-state index contributed by atoms with van der Waals surface area (Å²) in [5.41, 5.74) is 0. The number of hydrogen-bond donors (Lipinski definition) is 1. The summed E-state index contributed by atoms with van der Waals surface area (Å²) in [7, 11) is 0. The summed E-state index contributed by atoms with van der Waals surface area (Å²) in [6.07, 6.45) is 44.5. The minimum Gasteiger partial charge on any atom is -0.466 e. The van der Waals surface area contributed by atoms with Gasteiger partial charge in [0.1, 0.15) is 0 Å². The van der Waals surface area contributed by atoms with E-state index >= 15 is 0 Å². The molecule has 2 fully saturated rings. The van der Waals surface area contributed by atoms with Crippen LogP contribution in [0.1, 0.15) is 226 Å². The number of carbonyl (C=O) groups excluding carboxylic acids is 2. The molecule has 0 radical (unpaired) electrons. The van der Waals surface area contributed by atoms with Gasteiger partial charge in [0.25, 0.3) is 0 Å². The van der Waals surface area contributed by atoms with Gasteiger partial charge in [0.05, 0.1) is 26.2 Å². The van der Waals surface area contributed by atoms with E-state index in [0.29, 0.717) is 58.2 Å². The number of aliphatic hydroxyl groups is 1. The number of carbonyl (C=O) groups is 2. The van der Waals surface area contributed by atoms with Crippen molar-refractivity contribution in [3.05, 3.63) is 24.3 Å². The average molecular weight is 874 g/mol. The number of allylic oxidation sites excluding steroid dienone is 4. The van der Waals surface area contributed by atoms with Crippen LogP contribution in [0.25, 0.3) is 0 Å². The Morgan fingerprint density at radius 3 is 1.66 bits per heavy atom. The highest BCUT2D eigenvalue weighted by Crippen LogP contribution is 2.42. The monoisotopic (exact) mass is 874 g/mol. The van der Waals surface area contributed by atoms with Gasteiger partial charge in [-0.25, -0.2) is 0 Å². The van der Waals surface area contributed by atoms with Crippen molar-refractivity contribution >= 4 is 11.9 Å². The van der Waals surface area contributed by atoms with Crippen LogP contribution in [0.4, 0.5) is 0 Å². The molecule has 0 aromatic carbocycles. The molecule has 362 valence electrons. The van der Waals surface area contributed by atoms with E-state index in [2.05, 4.69) is 50.0 Å². The molecule has 0 amide bonds. The number of aliphatic hydroxyl groups excluding tert-OH is 1. The molecule has 0 aliphatic heterocycles. The van der Waals surface area contributed by atoms with Gasteiger partial charge in [-0.2, -0.15) is 0 Å². The zero-order valence-electron chi connectivity index (χ0n) is 40.8. The van der Waals surface area contributed by atoms with Gasteiger partial charge in [0.2, 0.25) is 0 Å². The van der Waals surface area contributed by atoms with Crippen molar-refractivity contribution < 1.29 is 33.6 Å². The topological polar surface area (TPSA) is 94.5 Å². The Bertz CT molecular complexity index is 1060. The number of esters is 2. The van der Waals surface area contributed by atoms with Crippen LogP contribution in [0.15, 0.2) is 24.3 Å². The van der Waals surface area contributed by atoms with Crippen molar-refractivity contribution in [2.75, 3.05) is 52.7 Å². The summed E-state index contributed by atoms with van der Waals surface area (Å²) < 4.78 is 23.4. The fourth-order valence-electron chi connectivity index (χ4n) is 9.58. The Labute approximate surface area is 382 Å². The molecule has 2 aliphatic rings. The molecule has 2 saturated carbocycles. The van der Waals surface area contributed by atoms with Crippen LogP contribution in [-0.4, -0.2) is 80.9 Å². The molecule has 0 unspecified atom stereocenters. The summed E-state index contributed by atoms with van der Waals surface area (Å²) in [6, 6.07) is 0.